The number of halogens is 1. The van der Waals surface area contributed by atoms with Crippen molar-refractivity contribution in [2.24, 2.45) is 5.10 Å². The normalized spacial score (nSPS) is 11.0. The van der Waals surface area contributed by atoms with Crippen LogP contribution in [0.5, 0.6) is 11.5 Å². The summed E-state index contributed by atoms with van der Waals surface area (Å²) in [5, 5.41) is 6.38. The lowest BCUT2D eigenvalue weighted by atomic mass is 10.0. The number of amides is 1. The topological polar surface area (TPSA) is 59.9 Å². The monoisotopic (exact) mass is 458 g/mol. The van der Waals surface area contributed by atoms with Crippen molar-refractivity contribution in [3.8, 4) is 11.5 Å². The van der Waals surface area contributed by atoms with Gasteiger partial charge in [0, 0.05) is 5.56 Å². The molecule has 0 aliphatic carbocycles. The fourth-order valence-electron chi connectivity index (χ4n) is 3.44. The number of nitrogens with one attached hydrogen (secondary N) is 1. The molecule has 0 aliphatic rings. The van der Waals surface area contributed by atoms with Crippen molar-refractivity contribution in [1.29, 1.82) is 0 Å². The van der Waals surface area contributed by atoms with Crippen LogP contribution < -0.4 is 14.9 Å². The summed E-state index contributed by atoms with van der Waals surface area (Å²) in [5.74, 6) is 0.698. The van der Waals surface area contributed by atoms with Gasteiger partial charge in [-0.25, -0.2) is 5.43 Å². The molecule has 4 aromatic rings. The summed E-state index contributed by atoms with van der Waals surface area (Å²) >= 11 is 6.49. The largest absolute Gasteiger partial charge is 0.490 e. The van der Waals surface area contributed by atoms with Gasteiger partial charge in [0.1, 0.15) is 6.61 Å². The molecule has 0 saturated carbocycles. The number of benzene rings is 4. The van der Waals surface area contributed by atoms with E-state index in [1.165, 1.54) is 6.21 Å². The van der Waals surface area contributed by atoms with Crippen molar-refractivity contribution in [3.05, 3.63) is 107 Å². The number of nitrogens with zero attached hydrogens (tertiary/aromatic N) is 1. The predicted octanol–water partition coefficient (Wildman–Crippen LogP) is 6.23. The van der Waals surface area contributed by atoms with E-state index in [1.807, 2.05) is 73.7 Å². The second-order valence-corrected chi connectivity index (χ2v) is 7.67. The van der Waals surface area contributed by atoms with Gasteiger partial charge >= 0.3 is 0 Å². The van der Waals surface area contributed by atoms with E-state index < -0.39 is 0 Å². The maximum atomic E-state index is 12.7. The Morgan fingerprint density at radius 1 is 0.970 bits per heavy atom. The van der Waals surface area contributed by atoms with Gasteiger partial charge in [-0.3, -0.25) is 4.79 Å². The Labute approximate surface area is 197 Å². The van der Waals surface area contributed by atoms with Gasteiger partial charge in [-0.2, -0.15) is 5.10 Å². The van der Waals surface area contributed by atoms with Crippen molar-refractivity contribution in [2.45, 2.75) is 13.5 Å². The van der Waals surface area contributed by atoms with Crippen molar-refractivity contribution in [2.75, 3.05) is 6.61 Å². The van der Waals surface area contributed by atoms with Crippen LogP contribution in [0.25, 0.3) is 10.8 Å². The van der Waals surface area contributed by atoms with E-state index in [0.717, 1.165) is 16.3 Å². The minimum atomic E-state index is -0.290. The molecule has 0 aromatic heterocycles. The van der Waals surface area contributed by atoms with Crippen LogP contribution in [-0.2, 0) is 6.61 Å². The molecule has 1 N–H and O–H groups in total. The van der Waals surface area contributed by atoms with Crippen LogP contribution in [0.1, 0.15) is 28.4 Å². The molecule has 1 amide bonds. The zero-order chi connectivity index (χ0) is 23.0. The van der Waals surface area contributed by atoms with Gasteiger partial charge in [0.05, 0.1) is 17.8 Å². The van der Waals surface area contributed by atoms with Crippen LogP contribution in [0.4, 0.5) is 0 Å². The number of carbonyl (C=O) groups is 1. The van der Waals surface area contributed by atoms with Crippen molar-refractivity contribution in [1.82, 2.24) is 5.43 Å². The van der Waals surface area contributed by atoms with Gasteiger partial charge in [0.25, 0.3) is 5.91 Å². The van der Waals surface area contributed by atoms with Gasteiger partial charge in [-0.15, -0.1) is 0 Å². The molecule has 166 valence electrons. The first-order valence-corrected chi connectivity index (χ1v) is 11.0. The second kappa shape index (κ2) is 10.7. The molecular formula is C27H23ClN2O3. The molecule has 5 nitrogen and oxygen atoms in total. The number of fused-ring (bicyclic) bond motifs is 1. The van der Waals surface area contributed by atoms with Crippen LogP contribution in [0.15, 0.2) is 90.0 Å². The third kappa shape index (κ3) is 5.51. The first-order chi connectivity index (χ1) is 16.2. The Morgan fingerprint density at radius 2 is 1.73 bits per heavy atom. The van der Waals surface area contributed by atoms with E-state index in [9.17, 15) is 4.79 Å². The minimum Gasteiger partial charge on any atom is -0.490 e. The quantitative estimate of drug-likeness (QED) is 0.251. The van der Waals surface area contributed by atoms with E-state index >= 15 is 0 Å². The van der Waals surface area contributed by atoms with E-state index in [0.29, 0.717) is 40.9 Å². The highest BCUT2D eigenvalue weighted by Crippen LogP contribution is 2.37. The first-order valence-electron chi connectivity index (χ1n) is 10.6. The molecule has 4 rings (SSSR count). The van der Waals surface area contributed by atoms with Crippen LogP contribution in [-0.4, -0.2) is 18.7 Å². The molecule has 0 heterocycles. The Hall–Kier alpha value is -3.83. The highest BCUT2D eigenvalue weighted by Gasteiger charge is 2.13. The molecule has 4 aromatic carbocycles. The highest BCUT2D eigenvalue weighted by molar-refractivity contribution is 6.32. The van der Waals surface area contributed by atoms with Crippen molar-refractivity contribution < 1.29 is 14.3 Å². The number of carbonyl (C=O) groups excluding carboxylic acids is 1. The maximum absolute atomic E-state index is 12.7. The van der Waals surface area contributed by atoms with Crippen molar-refractivity contribution in [3.63, 3.8) is 0 Å². The van der Waals surface area contributed by atoms with Crippen LogP contribution in [0.2, 0.25) is 5.02 Å². The molecule has 0 unspecified atom stereocenters. The van der Waals surface area contributed by atoms with Gasteiger partial charge in [0.2, 0.25) is 0 Å². The van der Waals surface area contributed by atoms with Crippen molar-refractivity contribution >= 4 is 34.5 Å². The lowest BCUT2D eigenvalue weighted by Crippen LogP contribution is -2.17. The Balaban J connectivity index is 1.49. The van der Waals surface area contributed by atoms with Gasteiger partial charge in [-0.1, -0.05) is 78.3 Å². The van der Waals surface area contributed by atoms with E-state index in [2.05, 4.69) is 10.5 Å². The molecule has 0 aliphatic heterocycles. The summed E-state index contributed by atoms with van der Waals surface area (Å²) < 4.78 is 11.7. The Morgan fingerprint density at radius 3 is 2.55 bits per heavy atom. The molecule has 0 radical (unpaired) electrons. The molecular weight excluding hydrogens is 436 g/mol. The van der Waals surface area contributed by atoms with Crippen LogP contribution in [0.3, 0.4) is 0 Å². The average molecular weight is 459 g/mol. The fourth-order valence-corrected chi connectivity index (χ4v) is 3.72. The van der Waals surface area contributed by atoms with Crippen LogP contribution >= 0.6 is 11.6 Å². The summed E-state index contributed by atoms with van der Waals surface area (Å²) in [6.45, 7) is 2.71. The summed E-state index contributed by atoms with van der Waals surface area (Å²) in [7, 11) is 0. The Bertz CT molecular complexity index is 1280. The zero-order valence-electron chi connectivity index (χ0n) is 18.1. The summed E-state index contributed by atoms with van der Waals surface area (Å²) in [4.78, 5) is 12.7. The minimum absolute atomic E-state index is 0.290. The fraction of sp³-hybridized carbons (Fsp3) is 0.111. The molecule has 0 spiro atoms. The summed E-state index contributed by atoms with van der Waals surface area (Å²) in [6, 6.07) is 26.6. The lowest BCUT2D eigenvalue weighted by molar-refractivity contribution is 0.0957. The number of rotatable bonds is 8. The molecule has 0 fully saturated rings. The first kappa shape index (κ1) is 22.4. The molecule has 0 atom stereocenters. The highest BCUT2D eigenvalue weighted by atomic mass is 35.5. The standard InChI is InChI=1S/C27H23ClN2O3/c1-2-32-25-16-20(15-24(28)26(25)33-18-19-9-4-3-5-10-19)17-29-30-27(31)23-14-8-12-21-11-6-7-13-22(21)23/h3-17H,2,18H2,1H3,(H,30,31)/b29-17-. The molecule has 0 bridgehead atoms. The molecule has 0 saturated heterocycles. The second-order valence-electron chi connectivity index (χ2n) is 7.26. The lowest BCUT2D eigenvalue weighted by Gasteiger charge is -2.14. The molecule has 6 heteroatoms. The van der Waals surface area contributed by atoms with E-state index in [1.54, 1.807) is 18.2 Å². The smallest absolute Gasteiger partial charge is 0.271 e. The number of ether oxygens (including phenoxy) is 2. The molecule has 33 heavy (non-hydrogen) atoms. The average Bonchev–Trinajstić information content (AvgIpc) is 2.84. The van der Waals surface area contributed by atoms with Crippen LogP contribution in [0, 0.1) is 0 Å². The van der Waals surface area contributed by atoms with E-state index in [4.69, 9.17) is 21.1 Å². The van der Waals surface area contributed by atoms with Gasteiger partial charge in [0.15, 0.2) is 11.5 Å². The number of hydrogen-bond acceptors (Lipinski definition) is 4. The van der Waals surface area contributed by atoms with Gasteiger partial charge < -0.3 is 9.47 Å². The van der Waals surface area contributed by atoms with Gasteiger partial charge in [-0.05, 0) is 47.0 Å². The Kier molecular flexibility index (Phi) is 7.22. The summed E-state index contributed by atoms with van der Waals surface area (Å²) in [5.41, 5.74) is 4.85. The SMILES string of the molecule is CCOc1cc(/C=N\NC(=O)c2cccc3ccccc23)cc(Cl)c1OCc1ccccc1. The maximum Gasteiger partial charge on any atom is 0.271 e. The zero-order valence-corrected chi connectivity index (χ0v) is 18.9. The third-order valence-corrected chi connectivity index (χ3v) is 5.25. The van der Waals surface area contributed by atoms with E-state index in [-0.39, 0.29) is 5.91 Å². The number of hydrogen-bond donors (Lipinski definition) is 1. The number of hydrazone groups is 1. The summed E-state index contributed by atoms with van der Waals surface area (Å²) in [6.07, 6.45) is 1.53. The predicted molar refractivity (Wildman–Crippen MR) is 132 cm³/mol. The third-order valence-electron chi connectivity index (χ3n) is 4.97.